The molecule has 41 heavy (non-hydrogen) atoms. The molecule has 2 aromatic heterocycles. The van der Waals surface area contributed by atoms with Crippen LogP contribution in [0.2, 0.25) is 0 Å². The Hall–Kier alpha value is -4.36. The van der Waals surface area contributed by atoms with Crippen LogP contribution in [0.1, 0.15) is 43.0 Å². The van der Waals surface area contributed by atoms with Crippen LogP contribution < -0.4 is 11.0 Å². The van der Waals surface area contributed by atoms with Crippen molar-refractivity contribution in [1.29, 1.82) is 0 Å². The highest BCUT2D eigenvalue weighted by Gasteiger charge is 2.38. The van der Waals surface area contributed by atoms with Gasteiger partial charge in [0.05, 0.1) is 10.6 Å². The summed E-state index contributed by atoms with van der Waals surface area (Å²) in [6, 6.07) is 13.0. The zero-order chi connectivity index (χ0) is 28.7. The number of halogens is 2. The predicted molar refractivity (Wildman–Crippen MR) is 146 cm³/mol. The van der Waals surface area contributed by atoms with Gasteiger partial charge in [0.25, 0.3) is 10.0 Å². The molecule has 1 saturated carbocycles. The number of aromatic nitrogens is 3. The number of fused-ring (bicyclic) bond motifs is 1. The molecule has 13 heteroatoms. The first-order valence-corrected chi connectivity index (χ1v) is 14.6. The van der Waals surface area contributed by atoms with E-state index in [0.29, 0.717) is 48.1 Å². The third-order valence-corrected chi connectivity index (χ3v) is 8.86. The Balaban J connectivity index is 1.40. The number of benzene rings is 2. The minimum absolute atomic E-state index is 0.0447. The fourth-order valence-corrected chi connectivity index (χ4v) is 6.62. The summed E-state index contributed by atoms with van der Waals surface area (Å²) < 4.78 is 58.2. The first kappa shape index (κ1) is 26.8. The van der Waals surface area contributed by atoms with Crippen LogP contribution in [-0.2, 0) is 21.2 Å². The van der Waals surface area contributed by atoms with Crippen LogP contribution in [0.5, 0.6) is 0 Å². The lowest BCUT2D eigenvalue weighted by Crippen LogP contribution is -2.37. The van der Waals surface area contributed by atoms with Gasteiger partial charge < -0.3 is 5.11 Å². The minimum Gasteiger partial charge on any atom is -0.476 e. The van der Waals surface area contributed by atoms with E-state index in [9.17, 15) is 17.6 Å². The van der Waals surface area contributed by atoms with E-state index in [1.807, 2.05) is 0 Å². The van der Waals surface area contributed by atoms with Gasteiger partial charge in [-0.15, -0.1) is 10.6 Å². The fourth-order valence-electron chi connectivity index (χ4n) is 5.05. The molecular weight excluding hydrogens is 554 g/mol. The summed E-state index contributed by atoms with van der Waals surface area (Å²) in [4.78, 5) is 11.1. The second-order valence-corrected chi connectivity index (χ2v) is 11.8. The van der Waals surface area contributed by atoms with Gasteiger partial charge in [-0.2, -0.15) is 5.10 Å². The number of hydrogen-bond donors (Lipinski definition) is 3. The molecule has 0 spiro atoms. The Bertz CT molecular complexity index is 1790. The molecule has 0 atom stereocenters. The van der Waals surface area contributed by atoms with Crippen molar-refractivity contribution in [3.05, 3.63) is 89.5 Å². The summed E-state index contributed by atoms with van der Waals surface area (Å²) in [5.41, 5.74) is 6.97. The van der Waals surface area contributed by atoms with Crippen LogP contribution in [0, 0.1) is 11.6 Å². The van der Waals surface area contributed by atoms with E-state index in [1.165, 1.54) is 28.4 Å². The van der Waals surface area contributed by atoms with Crippen molar-refractivity contribution in [2.24, 2.45) is 0 Å². The monoisotopic (exact) mass is 580 g/mol. The fraction of sp³-hybridized carbons (Fsp3) is 0.250. The quantitative estimate of drug-likeness (QED) is 0.238. The van der Waals surface area contributed by atoms with Gasteiger partial charge in [0.1, 0.15) is 11.6 Å². The normalized spacial score (nSPS) is 15.3. The first-order chi connectivity index (χ1) is 19.7. The van der Waals surface area contributed by atoms with E-state index < -0.39 is 27.6 Å². The molecule has 2 aliphatic rings. The van der Waals surface area contributed by atoms with E-state index in [-0.39, 0.29) is 27.7 Å². The topological polar surface area (TPSA) is 129 Å². The van der Waals surface area contributed by atoms with Crippen molar-refractivity contribution in [2.45, 2.75) is 42.9 Å². The van der Waals surface area contributed by atoms with E-state index >= 15 is 4.39 Å². The van der Waals surface area contributed by atoms with Crippen molar-refractivity contribution in [3.63, 3.8) is 0 Å². The molecule has 3 heterocycles. The van der Waals surface area contributed by atoms with Gasteiger partial charge in [-0.1, -0.05) is 18.2 Å². The second-order valence-electron chi connectivity index (χ2n) is 10.0. The van der Waals surface area contributed by atoms with Crippen molar-refractivity contribution in [1.82, 2.24) is 30.1 Å². The van der Waals surface area contributed by atoms with E-state index in [4.69, 9.17) is 5.11 Å². The van der Waals surface area contributed by atoms with Crippen LogP contribution in [-0.4, -0.2) is 45.2 Å². The standard InChI is InChI=1S/C28H26F2N6O4S/c29-18-11-12-21(23(30)14-18)25-22-15-19(6-4-5-13-35-16-24(28(37)38)32-34-35)31-33-27(22)36(26(25)17-9-10-17)41(39,40)20-7-2-1-3-8-20/h1-3,7-8,11-12,14-17,32,34H,4-6,9-10,13H2,(H,37,38). The number of unbranched alkanes of at least 4 members (excludes halogenated alkanes) is 1. The lowest BCUT2D eigenvalue weighted by molar-refractivity contribution is -0.133. The van der Waals surface area contributed by atoms with Gasteiger partial charge in [-0.25, -0.2) is 26.0 Å². The molecule has 0 bridgehead atoms. The summed E-state index contributed by atoms with van der Waals surface area (Å²) in [6.07, 6.45) is 4.79. The summed E-state index contributed by atoms with van der Waals surface area (Å²) in [6.45, 7) is 0.531. The largest absolute Gasteiger partial charge is 0.476 e. The Kier molecular flexibility index (Phi) is 6.91. The van der Waals surface area contributed by atoms with E-state index in [0.717, 1.165) is 25.0 Å². The summed E-state index contributed by atoms with van der Waals surface area (Å²) >= 11 is 0. The zero-order valence-corrected chi connectivity index (χ0v) is 22.5. The number of hydrazine groups is 2. The maximum atomic E-state index is 15.2. The first-order valence-electron chi connectivity index (χ1n) is 13.1. The Morgan fingerprint density at radius 2 is 1.83 bits per heavy atom. The molecule has 0 amide bonds. The molecule has 4 aromatic rings. The number of carbonyl (C=O) groups is 1. The van der Waals surface area contributed by atoms with Crippen molar-refractivity contribution >= 4 is 27.0 Å². The SMILES string of the molecule is O=C(O)C1=CN(CCCCc2cc3c(-c4ccc(F)cc4F)c(C4CC4)n(S(=O)(=O)c4ccccc4)c3nn2)NN1. The third-order valence-electron chi connectivity index (χ3n) is 7.14. The highest BCUT2D eigenvalue weighted by Crippen LogP contribution is 2.49. The highest BCUT2D eigenvalue weighted by atomic mass is 32.2. The molecular formula is C28H26F2N6O4S. The Morgan fingerprint density at radius 1 is 1.05 bits per heavy atom. The Labute approximate surface area is 234 Å². The number of nitrogens with one attached hydrogen (secondary N) is 2. The average molecular weight is 581 g/mol. The van der Waals surface area contributed by atoms with Crippen LogP contribution in [0.4, 0.5) is 8.78 Å². The van der Waals surface area contributed by atoms with Crippen molar-refractivity contribution in [3.8, 4) is 11.1 Å². The van der Waals surface area contributed by atoms with Gasteiger partial charge >= 0.3 is 5.97 Å². The Morgan fingerprint density at radius 3 is 2.51 bits per heavy atom. The van der Waals surface area contributed by atoms with Crippen LogP contribution in [0.3, 0.4) is 0 Å². The predicted octanol–water partition coefficient (Wildman–Crippen LogP) is 4.06. The molecule has 0 radical (unpaired) electrons. The van der Waals surface area contributed by atoms with Crippen molar-refractivity contribution < 1.29 is 27.1 Å². The average Bonchev–Trinajstić information content (AvgIpc) is 3.58. The number of hydrogen-bond acceptors (Lipinski definition) is 8. The highest BCUT2D eigenvalue weighted by molar-refractivity contribution is 7.90. The van der Waals surface area contributed by atoms with Gasteiger partial charge in [-0.3, -0.25) is 10.4 Å². The van der Waals surface area contributed by atoms with Gasteiger partial charge in [0.15, 0.2) is 11.3 Å². The number of rotatable bonds is 10. The molecule has 1 fully saturated rings. The van der Waals surface area contributed by atoms with Crippen molar-refractivity contribution in [2.75, 3.05) is 6.54 Å². The second kappa shape index (κ2) is 10.6. The zero-order valence-electron chi connectivity index (χ0n) is 21.7. The molecule has 212 valence electrons. The number of carboxylic acid groups (broad SMARTS) is 1. The molecule has 10 nitrogen and oxygen atoms in total. The third kappa shape index (κ3) is 5.13. The molecule has 1 aliphatic carbocycles. The van der Waals surface area contributed by atoms with Crippen LogP contribution in [0.15, 0.2) is 71.4 Å². The van der Waals surface area contributed by atoms with Gasteiger partial charge in [0, 0.05) is 46.9 Å². The molecule has 3 N–H and O–H groups in total. The molecule has 6 rings (SSSR count). The molecule has 1 aliphatic heterocycles. The maximum absolute atomic E-state index is 15.2. The molecule has 0 saturated heterocycles. The molecule has 0 unspecified atom stereocenters. The van der Waals surface area contributed by atoms with Crippen LogP contribution in [0.25, 0.3) is 22.2 Å². The number of carboxylic acids is 1. The summed E-state index contributed by atoms with van der Waals surface area (Å²) in [7, 11) is -4.11. The molecule has 2 aromatic carbocycles. The number of aryl methyl sites for hydroxylation is 1. The minimum atomic E-state index is -4.11. The van der Waals surface area contributed by atoms with Gasteiger partial charge in [0.2, 0.25) is 0 Å². The number of nitrogens with zero attached hydrogens (tertiary/aromatic N) is 4. The van der Waals surface area contributed by atoms with Crippen LogP contribution >= 0.6 is 0 Å². The lowest BCUT2D eigenvalue weighted by atomic mass is 9.99. The summed E-state index contributed by atoms with van der Waals surface area (Å²) in [5.74, 6) is -2.71. The number of aliphatic carboxylic acids is 1. The lowest BCUT2D eigenvalue weighted by Gasteiger charge is -2.14. The van der Waals surface area contributed by atoms with Gasteiger partial charge in [-0.05, 0) is 62.4 Å². The van der Waals surface area contributed by atoms with E-state index in [1.54, 1.807) is 29.3 Å². The summed E-state index contributed by atoms with van der Waals surface area (Å²) in [5, 5.41) is 19.8. The smallest absolute Gasteiger partial charge is 0.354 e. The van der Waals surface area contributed by atoms with E-state index in [2.05, 4.69) is 21.2 Å². The maximum Gasteiger partial charge on any atom is 0.354 e.